The standard InChI is InChI=1S/C13H15N3O.ClH/c1-2-10(14)8-16-13-9(7-15-16)3-4-12-11(13)5-6-17-12;/h3-7,10H,2,8,14H2,1H3;1H. The predicted molar refractivity (Wildman–Crippen MR) is 75.0 cm³/mol. The Balaban J connectivity index is 0.00000120. The number of aromatic nitrogens is 2. The Kier molecular flexibility index (Phi) is 3.59. The van der Waals surface area contributed by atoms with Crippen LogP contribution in [0.1, 0.15) is 13.3 Å². The number of fused-ring (bicyclic) bond motifs is 3. The highest BCUT2D eigenvalue weighted by molar-refractivity contribution is 6.03. The summed E-state index contributed by atoms with van der Waals surface area (Å²) in [7, 11) is 0. The molecule has 3 rings (SSSR count). The number of nitrogens with two attached hydrogens (primary N) is 1. The maximum absolute atomic E-state index is 5.99. The first-order chi connectivity index (χ1) is 8.29. The van der Waals surface area contributed by atoms with Crippen molar-refractivity contribution in [3.05, 3.63) is 30.7 Å². The van der Waals surface area contributed by atoms with Gasteiger partial charge in [0.25, 0.3) is 0 Å². The zero-order valence-electron chi connectivity index (χ0n) is 10.2. The lowest BCUT2D eigenvalue weighted by Gasteiger charge is -2.09. The topological polar surface area (TPSA) is 57.0 Å². The van der Waals surface area contributed by atoms with Gasteiger partial charge in [0.2, 0.25) is 0 Å². The Hall–Kier alpha value is -1.52. The van der Waals surface area contributed by atoms with Crippen LogP contribution in [0.4, 0.5) is 0 Å². The van der Waals surface area contributed by atoms with E-state index in [1.165, 1.54) is 0 Å². The van der Waals surface area contributed by atoms with Gasteiger partial charge in [0.1, 0.15) is 5.58 Å². The average Bonchev–Trinajstić information content (AvgIpc) is 2.94. The van der Waals surface area contributed by atoms with Gasteiger partial charge in [-0.15, -0.1) is 12.4 Å². The van der Waals surface area contributed by atoms with Crippen molar-refractivity contribution in [1.29, 1.82) is 0 Å². The average molecular weight is 266 g/mol. The number of benzene rings is 1. The Morgan fingerprint density at radius 2 is 2.22 bits per heavy atom. The largest absolute Gasteiger partial charge is 0.464 e. The molecule has 0 amide bonds. The zero-order valence-corrected chi connectivity index (χ0v) is 11.0. The lowest BCUT2D eigenvalue weighted by atomic mass is 10.2. The molecule has 1 aromatic carbocycles. The molecule has 0 radical (unpaired) electrons. The molecule has 5 heteroatoms. The van der Waals surface area contributed by atoms with Crippen LogP contribution in [-0.4, -0.2) is 15.8 Å². The van der Waals surface area contributed by atoms with E-state index >= 15 is 0 Å². The van der Waals surface area contributed by atoms with Crippen molar-refractivity contribution >= 4 is 34.3 Å². The van der Waals surface area contributed by atoms with Gasteiger partial charge in [0.15, 0.2) is 0 Å². The molecule has 0 aliphatic heterocycles. The van der Waals surface area contributed by atoms with Crippen LogP contribution in [-0.2, 0) is 6.54 Å². The van der Waals surface area contributed by atoms with Crippen LogP contribution in [0.2, 0.25) is 0 Å². The van der Waals surface area contributed by atoms with Gasteiger partial charge < -0.3 is 10.2 Å². The highest BCUT2D eigenvalue weighted by Gasteiger charge is 2.10. The van der Waals surface area contributed by atoms with Gasteiger partial charge in [-0.1, -0.05) is 6.92 Å². The van der Waals surface area contributed by atoms with Crippen molar-refractivity contribution in [3.63, 3.8) is 0 Å². The molecule has 2 N–H and O–H groups in total. The van der Waals surface area contributed by atoms with E-state index in [0.29, 0.717) is 0 Å². The summed E-state index contributed by atoms with van der Waals surface area (Å²) < 4.78 is 7.38. The maximum Gasteiger partial charge on any atom is 0.136 e. The third kappa shape index (κ3) is 1.98. The number of hydrogen-bond acceptors (Lipinski definition) is 3. The number of rotatable bonds is 3. The molecule has 18 heavy (non-hydrogen) atoms. The van der Waals surface area contributed by atoms with Gasteiger partial charge in [-0.05, 0) is 24.6 Å². The third-order valence-corrected chi connectivity index (χ3v) is 3.16. The van der Waals surface area contributed by atoms with Gasteiger partial charge in [0, 0.05) is 16.8 Å². The monoisotopic (exact) mass is 265 g/mol. The molecule has 0 aliphatic rings. The van der Waals surface area contributed by atoms with Gasteiger partial charge in [-0.25, -0.2) is 0 Å². The number of halogens is 1. The summed E-state index contributed by atoms with van der Waals surface area (Å²) in [5.74, 6) is 0. The summed E-state index contributed by atoms with van der Waals surface area (Å²) >= 11 is 0. The van der Waals surface area contributed by atoms with Crippen LogP contribution in [0.15, 0.2) is 35.1 Å². The van der Waals surface area contributed by atoms with Crippen LogP contribution in [0.3, 0.4) is 0 Å². The van der Waals surface area contributed by atoms with E-state index in [2.05, 4.69) is 12.0 Å². The van der Waals surface area contributed by atoms with Crippen molar-refractivity contribution in [2.24, 2.45) is 5.73 Å². The molecule has 96 valence electrons. The van der Waals surface area contributed by atoms with Gasteiger partial charge in [-0.3, -0.25) is 4.68 Å². The van der Waals surface area contributed by atoms with E-state index in [-0.39, 0.29) is 18.4 Å². The summed E-state index contributed by atoms with van der Waals surface area (Å²) in [5.41, 5.74) is 7.99. The first-order valence-corrected chi connectivity index (χ1v) is 5.87. The van der Waals surface area contributed by atoms with Gasteiger partial charge in [0.05, 0.1) is 24.5 Å². The fourth-order valence-electron chi connectivity index (χ4n) is 2.12. The molecular weight excluding hydrogens is 250 g/mol. The quantitative estimate of drug-likeness (QED) is 0.792. The molecule has 2 heterocycles. The summed E-state index contributed by atoms with van der Waals surface area (Å²) in [6.45, 7) is 2.83. The van der Waals surface area contributed by atoms with Gasteiger partial charge >= 0.3 is 0 Å². The minimum Gasteiger partial charge on any atom is -0.464 e. The van der Waals surface area contributed by atoms with E-state index < -0.39 is 0 Å². The Bertz CT molecular complexity index is 658. The molecule has 0 saturated carbocycles. The summed E-state index contributed by atoms with van der Waals surface area (Å²) in [5, 5.41) is 6.64. The molecule has 3 aromatic rings. The minimum atomic E-state index is 0. The van der Waals surface area contributed by atoms with Gasteiger partial charge in [-0.2, -0.15) is 5.10 Å². The minimum absolute atomic E-state index is 0. The third-order valence-electron chi connectivity index (χ3n) is 3.16. The van der Waals surface area contributed by atoms with Crippen molar-refractivity contribution < 1.29 is 4.42 Å². The Morgan fingerprint density at radius 1 is 1.39 bits per heavy atom. The van der Waals surface area contributed by atoms with Crippen LogP contribution in [0.5, 0.6) is 0 Å². The van der Waals surface area contributed by atoms with Crippen molar-refractivity contribution in [2.75, 3.05) is 0 Å². The summed E-state index contributed by atoms with van der Waals surface area (Å²) in [4.78, 5) is 0. The number of furan rings is 1. The smallest absolute Gasteiger partial charge is 0.136 e. The summed E-state index contributed by atoms with van der Waals surface area (Å²) in [6, 6.07) is 6.12. The highest BCUT2D eigenvalue weighted by Crippen LogP contribution is 2.26. The molecule has 0 fully saturated rings. The predicted octanol–water partition coefficient (Wildman–Crippen LogP) is 2.94. The van der Waals surface area contributed by atoms with E-state index in [1.807, 2.05) is 29.1 Å². The second-order valence-electron chi connectivity index (χ2n) is 4.33. The number of hydrogen-bond donors (Lipinski definition) is 1. The highest BCUT2D eigenvalue weighted by atomic mass is 35.5. The SMILES string of the molecule is CCC(N)Cn1ncc2ccc3occc3c21.Cl. The molecule has 0 spiro atoms. The van der Waals surface area contributed by atoms with E-state index in [4.69, 9.17) is 10.2 Å². The lowest BCUT2D eigenvalue weighted by Crippen LogP contribution is -2.25. The maximum atomic E-state index is 5.99. The number of nitrogens with zero attached hydrogens (tertiary/aromatic N) is 2. The Morgan fingerprint density at radius 3 is 3.00 bits per heavy atom. The molecule has 2 aromatic heterocycles. The van der Waals surface area contributed by atoms with E-state index in [0.717, 1.165) is 34.8 Å². The lowest BCUT2D eigenvalue weighted by molar-refractivity contribution is 0.512. The fraction of sp³-hybridized carbons (Fsp3) is 0.308. The molecule has 0 bridgehead atoms. The van der Waals surface area contributed by atoms with Crippen molar-refractivity contribution in [1.82, 2.24) is 9.78 Å². The Labute approximate surface area is 111 Å². The molecule has 1 unspecified atom stereocenters. The first kappa shape index (κ1) is 12.9. The molecule has 0 aliphatic carbocycles. The molecule has 1 atom stereocenters. The van der Waals surface area contributed by atoms with Crippen molar-refractivity contribution in [3.8, 4) is 0 Å². The first-order valence-electron chi connectivity index (χ1n) is 5.87. The fourth-order valence-corrected chi connectivity index (χ4v) is 2.12. The van der Waals surface area contributed by atoms with Crippen LogP contribution in [0, 0.1) is 0 Å². The van der Waals surface area contributed by atoms with Crippen molar-refractivity contribution in [2.45, 2.75) is 25.9 Å². The molecule has 0 saturated heterocycles. The second kappa shape index (κ2) is 5.00. The molecular formula is C13H16ClN3O. The van der Waals surface area contributed by atoms with E-state index in [9.17, 15) is 0 Å². The van der Waals surface area contributed by atoms with E-state index in [1.54, 1.807) is 6.26 Å². The summed E-state index contributed by atoms with van der Waals surface area (Å²) in [6.07, 6.45) is 4.54. The second-order valence-corrected chi connectivity index (χ2v) is 4.33. The van der Waals surface area contributed by atoms with Crippen LogP contribution < -0.4 is 5.73 Å². The van der Waals surface area contributed by atoms with Crippen LogP contribution >= 0.6 is 12.4 Å². The van der Waals surface area contributed by atoms with Crippen LogP contribution in [0.25, 0.3) is 21.9 Å². The zero-order chi connectivity index (χ0) is 11.8. The molecule has 4 nitrogen and oxygen atoms in total. The normalized spacial score (nSPS) is 12.8.